The molecule has 0 N–H and O–H groups in total. The lowest BCUT2D eigenvalue weighted by Crippen LogP contribution is -2.29. The first-order chi connectivity index (χ1) is 16.0. The second-order valence-electron chi connectivity index (χ2n) is 8.58. The first-order valence-electron chi connectivity index (χ1n) is 11.5. The van der Waals surface area contributed by atoms with E-state index in [1.807, 2.05) is 61.0 Å². The van der Waals surface area contributed by atoms with Gasteiger partial charge in [-0.05, 0) is 69.0 Å². The Balaban J connectivity index is 1.81. The number of benzene rings is 3. The molecule has 0 aliphatic rings. The molecule has 0 spiro atoms. The van der Waals surface area contributed by atoms with Crippen molar-refractivity contribution in [3.8, 4) is 0 Å². The third-order valence-electron chi connectivity index (χ3n) is 6.25. The summed E-state index contributed by atoms with van der Waals surface area (Å²) in [7, 11) is 2.02. The number of hydrogen-bond donors (Lipinski definition) is 0. The molecule has 4 rings (SSSR count). The minimum absolute atomic E-state index is 0.00381. The Morgan fingerprint density at radius 3 is 2.39 bits per heavy atom. The minimum atomic E-state index is -0.0611. The summed E-state index contributed by atoms with van der Waals surface area (Å²) in [5.41, 5.74) is 5.12. The SMILES string of the molecule is C=CCCCC(c1ccccc1)n1c(C)nc2ccc(N(C)c3ccc(C)cc3)cc2c1=O. The van der Waals surface area contributed by atoms with E-state index in [1.165, 1.54) is 5.56 Å². The largest absolute Gasteiger partial charge is 0.345 e. The highest BCUT2D eigenvalue weighted by Gasteiger charge is 2.19. The fraction of sp³-hybridized carbons (Fsp3) is 0.241. The van der Waals surface area contributed by atoms with E-state index in [9.17, 15) is 4.79 Å². The lowest BCUT2D eigenvalue weighted by atomic mass is 10.00. The van der Waals surface area contributed by atoms with Crippen LogP contribution in [-0.2, 0) is 0 Å². The van der Waals surface area contributed by atoms with Crippen molar-refractivity contribution in [1.29, 1.82) is 0 Å². The topological polar surface area (TPSA) is 38.1 Å². The fourth-order valence-corrected chi connectivity index (χ4v) is 4.37. The van der Waals surface area contributed by atoms with Crippen LogP contribution in [0.4, 0.5) is 11.4 Å². The molecule has 1 heterocycles. The molecule has 0 aliphatic heterocycles. The highest BCUT2D eigenvalue weighted by atomic mass is 16.1. The van der Waals surface area contributed by atoms with Crippen LogP contribution in [0.15, 0.2) is 90.2 Å². The van der Waals surface area contributed by atoms with Crippen LogP contribution in [0.5, 0.6) is 0 Å². The van der Waals surface area contributed by atoms with Crippen LogP contribution in [0.2, 0.25) is 0 Å². The number of hydrogen-bond acceptors (Lipinski definition) is 3. The molecular weight excluding hydrogens is 406 g/mol. The standard InChI is InChI=1S/C29H31N3O/c1-5-6-8-13-28(23-11-9-7-10-12-23)32-22(3)30-27-19-18-25(20-26(27)29(32)33)31(4)24-16-14-21(2)15-17-24/h5,7,9-12,14-20,28H,1,6,8,13H2,2-4H3. The zero-order chi connectivity index (χ0) is 23.4. The van der Waals surface area contributed by atoms with Crippen molar-refractivity contribution in [3.63, 3.8) is 0 Å². The Kier molecular flexibility index (Phi) is 6.74. The summed E-state index contributed by atoms with van der Waals surface area (Å²) in [4.78, 5) is 20.8. The first-order valence-corrected chi connectivity index (χ1v) is 11.5. The van der Waals surface area contributed by atoms with E-state index < -0.39 is 0 Å². The molecule has 0 radical (unpaired) electrons. The normalized spacial score (nSPS) is 12.0. The Labute approximate surface area is 195 Å². The smallest absolute Gasteiger partial charge is 0.262 e. The van der Waals surface area contributed by atoms with Gasteiger partial charge >= 0.3 is 0 Å². The number of nitrogens with zero attached hydrogens (tertiary/aromatic N) is 3. The first kappa shape index (κ1) is 22.5. The van der Waals surface area contributed by atoms with E-state index in [0.717, 1.165) is 47.5 Å². The van der Waals surface area contributed by atoms with Gasteiger partial charge in [-0.25, -0.2) is 4.98 Å². The Bertz CT molecular complexity index is 1310. The quantitative estimate of drug-likeness (QED) is 0.227. The van der Waals surface area contributed by atoms with Crippen LogP contribution < -0.4 is 10.5 Å². The summed E-state index contributed by atoms with van der Waals surface area (Å²) in [6, 6.07) is 24.5. The van der Waals surface area contributed by atoms with Crippen molar-refractivity contribution in [2.75, 3.05) is 11.9 Å². The number of aryl methyl sites for hydroxylation is 2. The Morgan fingerprint density at radius 1 is 1.00 bits per heavy atom. The van der Waals surface area contributed by atoms with Crippen LogP contribution in [0.3, 0.4) is 0 Å². The van der Waals surface area contributed by atoms with E-state index in [-0.39, 0.29) is 11.6 Å². The molecule has 0 bridgehead atoms. The molecule has 0 saturated carbocycles. The average molecular weight is 438 g/mol. The Hall–Kier alpha value is -3.66. The predicted molar refractivity (Wildman–Crippen MR) is 139 cm³/mol. The maximum atomic E-state index is 13.8. The van der Waals surface area contributed by atoms with Gasteiger partial charge in [-0.2, -0.15) is 0 Å². The van der Waals surface area contributed by atoms with Crippen LogP contribution in [0, 0.1) is 13.8 Å². The molecule has 1 unspecified atom stereocenters. The fourth-order valence-electron chi connectivity index (χ4n) is 4.37. The summed E-state index contributed by atoms with van der Waals surface area (Å²) in [5.74, 6) is 0.736. The van der Waals surface area contributed by atoms with Gasteiger partial charge in [0.25, 0.3) is 5.56 Å². The third kappa shape index (κ3) is 4.75. The van der Waals surface area contributed by atoms with Crippen LogP contribution in [-0.4, -0.2) is 16.6 Å². The van der Waals surface area contributed by atoms with Gasteiger partial charge < -0.3 is 4.90 Å². The van der Waals surface area contributed by atoms with Gasteiger partial charge in [0.2, 0.25) is 0 Å². The molecule has 4 heteroatoms. The molecule has 1 atom stereocenters. The van der Waals surface area contributed by atoms with E-state index in [0.29, 0.717) is 5.39 Å². The minimum Gasteiger partial charge on any atom is -0.345 e. The summed E-state index contributed by atoms with van der Waals surface area (Å²) in [5, 5.41) is 0.640. The van der Waals surface area contributed by atoms with E-state index in [4.69, 9.17) is 4.98 Å². The van der Waals surface area contributed by atoms with Gasteiger partial charge in [0, 0.05) is 18.4 Å². The Morgan fingerprint density at radius 2 is 1.70 bits per heavy atom. The van der Waals surface area contributed by atoms with Gasteiger partial charge in [-0.3, -0.25) is 9.36 Å². The number of aromatic nitrogens is 2. The predicted octanol–water partition coefficient (Wildman–Crippen LogP) is 6.73. The van der Waals surface area contributed by atoms with Gasteiger partial charge in [0.05, 0.1) is 16.9 Å². The molecule has 0 amide bonds. The molecule has 33 heavy (non-hydrogen) atoms. The summed E-state index contributed by atoms with van der Waals surface area (Å²) < 4.78 is 1.87. The maximum Gasteiger partial charge on any atom is 0.262 e. The molecule has 0 saturated heterocycles. The van der Waals surface area contributed by atoms with Crippen LogP contribution in [0.25, 0.3) is 10.9 Å². The van der Waals surface area contributed by atoms with Gasteiger partial charge in [0.15, 0.2) is 0 Å². The number of rotatable bonds is 8. The summed E-state index contributed by atoms with van der Waals surface area (Å²) in [6.07, 6.45) is 4.67. The van der Waals surface area contributed by atoms with E-state index in [1.54, 1.807) is 0 Å². The molecule has 0 fully saturated rings. The number of unbranched alkanes of at least 4 members (excludes halogenated alkanes) is 1. The van der Waals surface area contributed by atoms with Crippen molar-refractivity contribution in [1.82, 2.24) is 9.55 Å². The summed E-state index contributed by atoms with van der Waals surface area (Å²) >= 11 is 0. The van der Waals surface area contributed by atoms with Gasteiger partial charge in [0.1, 0.15) is 5.82 Å². The van der Waals surface area contributed by atoms with Crippen molar-refractivity contribution in [2.24, 2.45) is 0 Å². The molecule has 168 valence electrons. The van der Waals surface area contributed by atoms with E-state index >= 15 is 0 Å². The molecular formula is C29H31N3O. The lowest BCUT2D eigenvalue weighted by molar-refractivity contribution is 0.493. The monoisotopic (exact) mass is 437 g/mol. The van der Waals surface area contributed by atoms with Crippen molar-refractivity contribution in [3.05, 3.63) is 113 Å². The average Bonchev–Trinajstić information content (AvgIpc) is 2.83. The van der Waals surface area contributed by atoms with E-state index in [2.05, 4.69) is 54.8 Å². The second-order valence-corrected chi connectivity index (χ2v) is 8.58. The van der Waals surface area contributed by atoms with Crippen LogP contribution in [0.1, 0.15) is 42.3 Å². The van der Waals surface area contributed by atoms with Crippen molar-refractivity contribution < 1.29 is 0 Å². The highest BCUT2D eigenvalue weighted by Crippen LogP contribution is 2.28. The molecule has 1 aromatic heterocycles. The maximum absolute atomic E-state index is 13.8. The van der Waals surface area contributed by atoms with Gasteiger partial charge in [-0.15, -0.1) is 6.58 Å². The zero-order valence-corrected chi connectivity index (χ0v) is 19.7. The number of allylic oxidation sites excluding steroid dienone is 1. The number of fused-ring (bicyclic) bond motifs is 1. The molecule has 4 nitrogen and oxygen atoms in total. The van der Waals surface area contributed by atoms with Crippen LogP contribution >= 0.6 is 0 Å². The summed E-state index contributed by atoms with van der Waals surface area (Å²) in [6.45, 7) is 7.85. The highest BCUT2D eigenvalue weighted by molar-refractivity contribution is 5.83. The third-order valence-corrected chi connectivity index (χ3v) is 6.25. The number of anilines is 2. The zero-order valence-electron chi connectivity index (χ0n) is 19.7. The molecule has 0 aliphatic carbocycles. The molecule has 4 aromatic rings. The van der Waals surface area contributed by atoms with Crippen molar-refractivity contribution >= 4 is 22.3 Å². The lowest BCUT2D eigenvalue weighted by Gasteiger charge is -2.24. The van der Waals surface area contributed by atoms with Gasteiger partial charge in [-0.1, -0.05) is 54.1 Å². The molecule has 3 aromatic carbocycles. The van der Waals surface area contributed by atoms with Crippen molar-refractivity contribution in [2.45, 2.75) is 39.2 Å². The second kappa shape index (κ2) is 9.86.